The fraction of sp³-hybridized carbons (Fsp3) is 0.278. The molecule has 0 spiro atoms. The number of halogens is 1. The lowest BCUT2D eigenvalue weighted by Crippen LogP contribution is -2.31. The van der Waals surface area contributed by atoms with Gasteiger partial charge < -0.3 is 9.47 Å². The zero-order valence-corrected chi connectivity index (χ0v) is 12.3. The maximum absolute atomic E-state index is 13.7. The molecular weight excluding hydrogens is 283 g/mol. The van der Waals surface area contributed by atoms with Crippen molar-refractivity contribution >= 4 is 5.97 Å². The highest BCUT2D eigenvalue weighted by Gasteiger charge is 2.27. The summed E-state index contributed by atoms with van der Waals surface area (Å²) in [5.41, 5.74) is 2.66. The van der Waals surface area contributed by atoms with Crippen LogP contribution in [0.3, 0.4) is 0 Å². The number of hydrogen-bond donors (Lipinski definition) is 0. The summed E-state index contributed by atoms with van der Waals surface area (Å²) in [7, 11) is 0. The van der Waals surface area contributed by atoms with Crippen molar-refractivity contribution in [2.24, 2.45) is 0 Å². The highest BCUT2D eigenvalue weighted by atomic mass is 19.1. The van der Waals surface area contributed by atoms with Gasteiger partial charge in [-0.3, -0.25) is 0 Å². The molecule has 2 aromatic rings. The number of rotatable bonds is 4. The predicted octanol–water partition coefficient (Wildman–Crippen LogP) is 3.43. The van der Waals surface area contributed by atoms with Crippen LogP contribution in [-0.4, -0.2) is 18.7 Å². The molecule has 22 heavy (non-hydrogen) atoms. The molecule has 114 valence electrons. The third-order valence-electron chi connectivity index (χ3n) is 3.74. The van der Waals surface area contributed by atoms with E-state index in [1.807, 2.05) is 30.3 Å². The summed E-state index contributed by atoms with van der Waals surface area (Å²) in [4.78, 5) is 12.0. The molecule has 1 atom stereocenters. The van der Waals surface area contributed by atoms with Gasteiger partial charge in [0.05, 0.1) is 18.8 Å². The Morgan fingerprint density at radius 2 is 2.05 bits per heavy atom. The Labute approximate surface area is 128 Å². The number of hydrogen-bond acceptors (Lipinski definition) is 3. The van der Waals surface area contributed by atoms with Gasteiger partial charge in [0.15, 0.2) is 0 Å². The zero-order valence-electron chi connectivity index (χ0n) is 12.3. The monoisotopic (exact) mass is 300 g/mol. The first-order valence-electron chi connectivity index (χ1n) is 7.25. The second-order valence-electron chi connectivity index (χ2n) is 5.49. The van der Waals surface area contributed by atoms with Crippen LogP contribution in [0.25, 0.3) is 0 Å². The number of ether oxygens (including phenoxy) is 2. The van der Waals surface area contributed by atoms with E-state index in [1.54, 1.807) is 13.0 Å². The highest BCUT2D eigenvalue weighted by molar-refractivity contribution is 5.92. The van der Waals surface area contributed by atoms with E-state index in [4.69, 9.17) is 9.47 Å². The fourth-order valence-electron chi connectivity index (χ4n) is 2.56. The van der Waals surface area contributed by atoms with E-state index in [2.05, 4.69) is 0 Å². The predicted molar refractivity (Wildman–Crippen MR) is 80.1 cm³/mol. The summed E-state index contributed by atoms with van der Waals surface area (Å²) in [6.45, 7) is 2.40. The molecule has 0 fully saturated rings. The Balaban J connectivity index is 1.63. The molecule has 0 N–H and O–H groups in total. The molecule has 1 heterocycles. The van der Waals surface area contributed by atoms with Crippen LogP contribution in [0.4, 0.5) is 4.39 Å². The highest BCUT2D eigenvalue weighted by Crippen LogP contribution is 2.24. The number of carbonyl (C=O) groups is 1. The summed E-state index contributed by atoms with van der Waals surface area (Å²) in [6.07, 6.45) is 0.110. The molecule has 0 radical (unpaired) electrons. The van der Waals surface area contributed by atoms with Gasteiger partial charge in [-0.05, 0) is 35.7 Å². The summed E-state index contributed by atoms with van der Waals surface area (Å²) >= 11 is 0. The van der Waals surface area contributed by atoms with E-state index >= 15 is 0 Å². The number of fused-ring (bicyclic) bond motifs is 1. The molecule has 3 rings (SSSR count). The van der Waals surface area contributed by atoms with E-state index in [9.17, 15) is 9.18 Å². The van der Waals surface area contributed by atoms with Gasteiger partial charge in [-0.25, -0.2) is 9.18 Å². The minimum absolute atomic E-state index is 0.294. The minimum Gasteiger partial charge on any atom is -0.456 e. The first kappa shape index (κ1) is 14.7. The Morgan fingerprint density at radius 1 is 1.27 bits per heavy atom. The third-order valence-corrected chi connectivity index (χ3v) is 3.74. The van der Waals surface area contributed by atoms with Gasteiger partial charge in [0.1, 0.15) is 11.9 Å². The van der Waals surface area contributed by atoms with Crippen LogP contribution in [-0.2, 0) is 22.5 Å². The molecule has 0 bridgehead atoms. The van der Waals surface area contributed by atoms with Crippen LogP contribution in [0.2, 0.25) is 0 Å². The SMILES string of the molecule is Cc1cc2c(cc1F)CC(COCc1ccccc1)OC2=O. The van der Waals surface area contributed by atoms with Crippen molar-refractivity contribution in [1.29, 1.82) is 0 Å². The Morgan fingerprint density at radius 3 is 2.82 bits per heavy atom. The van der Waals surface area contributed by atoms with Crippen LogP contribution < -0.4 is 0 Å². The number of aryl methyl sites for hydroxylation is 1. The quantitative estimate of drug-likeness (QED) is 0.812. The van der Waals surface area contributed by atoms with E-state index in [0.29, 0.717) is 36.3 Å². The fourth-order valence-corrected chi connectivity index (χ4v) is 2.56. The molecule has 1 aliphatic rings. The molecule has 2 aromatic carbocycles. The average molecular weight is 300 g/mol. The molecule has 4 heteroatoms. The standard InChI is InChI=1S/C18H17FO3/c1-12-7-16-14(9-17(12)19)8-15(22-18(16)20)11-21-10-13-5-3-2-4-6-13/h2-7,9,15H,8,10-11H2,1H3. The van der Waals surface area contributed by atoms with Crippen molar-refractivity contribution < 1.29 is 18.7 Å². The van der Waals surface area contributed by atoms with Gasteiger partial charge in [0.2, 0.25) is 0 Å². The zero-order chi connectivity index (χ0) is 15.5. The number of cyclic esters (lactones) is 1. The lowest BCUT2D eigenvalue weighted by Gasteiger charge is -2.25. The van der Waals surface area contributed by atoms with Crippen molar-refractivity contribution in [3.63, 3.8) is 0 Å². The van der Waals surface area contributed by atoms with Crippen LogP contribution >= 0.6 is 0 Å². The van der Waals surface area contributed by atoms with E-state index < -0.39 is 5.97 Å². The van der Waals surface area contributed by atoms with Gasteiger partial charge in [-0.2, -0.15) is 0 Å². The van der Waals surface area contributed by atoms with Crippen LogP contribution in [0.5, 0.6) is 0 Å². The van der Waals surface area contributed by atoms with Gasteiger partial charge in [0.25, 0.3) is 0 Å². The molecule has 0 aromatic heterocycles. The van der Waals surface area contributed by atoms with Crippen molar-refractivity contribution in [3.05, 3.63) is 70.5 Å². The molecule has 0 saturated heterocycles. The lowest BCUT2D eigenvalue weighted by molar-refractivity contribution is -0.0123. The minimum atomic E-state index is -0.405. The van der Waals surface area contributed by atoms with Crippen molar-refractivity contribution in [1.82, 2.24) is 0 Å². The third kappa shape index (κ3) is 3.17. The molecule has 0 amide bonds. The summed E-state index contributed by atoms with van der Waals surface area (Å²) in [5, 5.41) is 0. The Bertz CT molecular complexity index is 682. The van der Waals surface area contributed by atoms with E-state index in [-0.39, 0.29) is 11.9 Å². The lowest BCUT2D eigenvalue weighted by atomic mass is 9.96. The number of benzene rings is 2. The number of carbonyl (C=O) groups excluding carboxylic acids is 1. The Hall–Kier alpha value is -2.20. The molecule has 1 unspecified atom stereocenters. The normalized spacial score (nSPS) is 17.0. The first-order chi connectivity index (χ1) is 10.6. The van der Waals surface area contributed by atoms with Gasteiger partial charge >= 0.3 is 5.97 Å². The molecular formula is C18H17FO3. The van der Waals surface area contributed by atoms with Gasteiger partial charge in [0, 0.05) is 6.42 Å². The van der Waals surface area contributed by atoms with Crippen molar-refractivity contribution in [3.8, 4) is 0 Å². The topological polar surface area (TPSA) is 35.5 Å². The van der Waals surface area contributed by atoms with Crippen molar-refractivity contribution in [2.45, 2.75) is 26.1 Å². The molecule has 0 aliphatic carbocycles. The van der Waals surface area contributed by atoms with Gasteiger partial charge in [-0.15, -0.1) is 0 Å². The molecule has 1 aliphatic heterocycles. The van der Waals surface area contributed by atoms with Crippen LogP contribution in [0.15, 0.2) is 42.5 Å². The second-order valence-corrected chi connectivity index (χ2v) is 5.49. The smallest absolute Gasteiger partial charge is 0.338 e. The first-order valence-corrected chi connectivity index (χ1v) is 7.25. The maximum Gasteiger partial charge on any atom is 0.338 e. The molecule has 0 saturated carbocycles. The average Bonchev–Trinajstić information content (AvgIpc) is 2.50. The Kier molecular flexibility index (Phi) is 4.20. The van der Waals surface area contributed by atoms with E-state index in [1.165, 1.54) is 6.07 Å². The van der Waals surface area contributed by atoms with Crippen LogP contribution in [0, 0.1) is 12.7 Å². The summed E-state index contributed by atoms with van der Waals surface area (Å²) in [5.74, 6) is -0.699. The number of esters is 1. The largest absolute Gasteiger partial charge is 0.456 e. The summed E-state index contributed by atoms with van der Waals surface area (Å²) < 4.78 is 24.6. The maximum atomic E-state index is 13.7. The molecule has 3 nitrogen and oxygen atoms in total. The van der Waals surface area contributed by atoms with E-state index in [0.717, 1.165) is 5.56 Å². The second kappa shape index (κ2) is 6.28. The van der Waals surface area contributed by atoms with Gasteiger partial charge in [-0.1, -0.05) is 30.3 Å². The van der Waals surface area contributed by atoms with Crippen LogP contribution in [0.1, 0.15) is 27.0 Å². The summed E-state index contributed by atoms with van der Waals surface area (Å²) in [6, 6.07) is 12.8. The van der Waals surface area contributed by atoms with Crippen molar-refractivity contribution in [2.75, 3.05) is 6.61 Å².